The highest BCUT2D eigenvalue weighted by Gasteiger charge is 2.22. The minimum absolute atomic E-state index is 0.0577. The van der Waals surface area contributed by atoms with Gasteiger partial charge in [0.15, 0.2) is 5.82 Å². The van der Waals surface area contributed by atoms with Gasteiger partial charge in [0.25, 0.3) is 5.56 Å². The third kappa shape index (κ3) is 2.86. The van der Waals surface area contributed by atoms with Gasteiger partial charge in [-0.05, 0) is 13.3 Å². The second kappa shape index (κ2) is 4.86. The average molecular weight is 250 g/mol. The maximum absolute atomic E-state index is 11.2. The smallest absolute Gasteiger partial charge is 0.271 e. The molecule has 0 bridgehead atoms. The fourth-order valence-electron chi connectivity index (χ4n) is 0.972. The van der Waals surface area contributed by atoms with Crippen molar-refractivity contribution in [2.24, 2.45) is 0 Å². The first-order valence-corrected chi connectivity index (χ1v) is 5.51. The van der Waals surface area contributed by atoms with Crippen molar-refractivity contribution in [3.05, 3.63) is 21.7 Å². The van der Waals surface area contributed by atoms with Crippen molar-refractivity contribution in [3.8, 4) is 0 Å². The first-order chi connectivity index (χ1) is 7.02. The summed E-state index contributed by atoms with van der Waals surface area (Å²) in [5, 5.41) is 3.13. The molecule has 6 heteroatoms. The van der Waals surface area contributed by atoms with Gasteiger partial charge in [-0.2, -0.15) is 0 Å². The van der Waals surface area contributed by atoms with Crippen LogP contribution < -0.4 is 10.9 Å². The minimum atomic E-state index is -0.359. The molecule has 0 aliphatic heterocycles. The summed E-state index contributed by atoms with van der Waals surface area (Å²) < 4.78 is 0. The van der Waals surface area contributed by atoms with Crippen LogP contribution in [0, 0.1) is 0 Å². The molecule has 0 fully saturated rings. The summed E-state index contributed by atoms with van der Waals surface area (Å²) in [6.07, 6.45) is 2.11. The Labute approximate surface area is 98.0 Å². The molecule has 1 rings (SSSR count). The van der Waals surface area contributed by atoms with Crippen molar-refractivity contribution in [1.82, 2.24) is 9.97 Å². The molecule has 1 unspecified atom stereocenters. The summed E-state index contributed by atoms with van der Waals surface area (Å²) in [5.41, 5.74) is -0.673. The number of nitrogens with zero attached hydrogens (tertiary/aromatic N) is 1. The van der Waals surface area contributed by atoms with Crippen molar-refractivity contribution in [1.29, 1.82) is 0 Å². The van der Waals surface area contributed by atoms with Gasteiger partial charge in [0, 0.05) is 11.4 Å². The molecule has 0 aromatic carbocycles. The van der Waals surface area contributed by atoms with Crippen LogP contribution in [0.15, 0.2) is 11.1 Å². The molecule has 1 atom stereocenters. The van der Waals surface area contributed by atoms with E-state index in [4.69, 9.17) is 23.2 Å². The molecule has 2 N–H and O–H groups in total. The molecule has 0 amide bonds. The van der Waals surface area contributed by atoms with Gasteiger partial charge in [-0.15, -0.1) is 11.6 Å². The number of anilines is 1. The fraction of sp³-hybridized carbons (Fsp3) is 0.556. The van der Waals surface area contributed by atoms with Crippen molar-refractivity contribution >= 4 is 29.0 Å². The van der Waals surface area contributed by atoms with E-state index in [1.165, 1.54) is 6.33 Å². The van der Waals surface area contributed by atoms with Crippen LogP contribution in [0.1, 0.15) is 20.3 Å². The average Bonchev–Trinajstić information content (AvgIpc) is 2.25. The Morgan fingerprint density at radius 1 is 1.67 bits per heavy atom. The van der Waals surface area contributed by atoms with Gasteiger partial charge < -0.3 is 10.3 Å². The first kappa shape index (κ1) is 12.3. The number of alkyl halides is 1. The van der Waals surface area contributed by atoms with E-state index < -0.39 is 0 Å². The number of hydrogen-bond acceptors (Lipinski definition) is 3. The van der Waals surface area contributed by atoms with Crippen LogP contribution in [0.4, 0.5) is 5.82 Å². The van der Waals surface area contributed by atoms with Crippen molar-refractivity contribution in [2.75, 3.05) is 11.2 Å². The van der Waals surface area contributed by atoms with Gasteiger partial charge in [0.1, 0.15) is 5.02 Å². The molecule has 1 heterocycles. The number of rotatable bonds is 4. The number of aromatic amines is 1. The highest BCUT2D eigenvalue weighted by Crippen LogP contribution is 2.21. The van der Waals surface area contributed by atoms with Crippen LogP contribution in [0.5, 0.6) is 0 Å². The topological polar surface area (TPSA) is 57.8 Å². The van der Waals surface area contributed by atoms with Crippen molar-refractivity contribution < 1.29 is 0 Å². The van der Waals surface area contributed by atoms with Crippen molar-refractivity contribution in [2.45, 2.75) is 25.8 Å². The second-order valence-corrected chi connectivity index (χ2v) is 4.21. The highest BCUT2D eigenvalue weighted by atomic mass is 35.5. The van der Waals surface area contributed by atoms with Gasteiger partial charge in [-0.3, -0.25) is 4.79 Å². The molecular formula is C9H13Cl2N3O. The zero-order valence-electron chi connectivity index (χ0n) is 8.60. The lowest BCUT2D eigenvalue weighted by Gasteiger charge is -2.27. The van der Waals surface area contributed by atoms with E-state index in [-0.39, 0.29) is 16.1 Å². The minimum Gasteiger partial charge on any atom is -0.362 e. The summed E-state index contributed by atoms with van der Waals surface area (Å²) in [4.78, 5) is 17.6. The number of nitrogens with one attached hydrogen (secondary N) is 2. The zero-order valence-corrected chi connectivity index (χ0v) is 10.1. The molecular weight excluding hydrogens is 237 g/mol. The first-order valence-electron chi connectivity index (χ1n) is 4.60. The lowest BCUT2D eigenvalue weighted by Crippen LogP contribution is -2.37. The molecule has 0 saturated heterocycles. The number of H-pyrrole nitrogens is 1. The molecule has 0 saturated carbocycles. The van der Waals surface area contributed by atoms with Crippen LogP contribution in [0.3, 0.4) is 0 Å². The van der Waals surface area contributed by atoms with Crippen LogP contribution in [-0.2, 0) is 0 Å². The van der Waals surface area contributed by atoms with Crippen LogP contribution >= 0.6 is 23.2 Å². The van der Waals surface area contributed by atoms with Crippen LogP contribution in [0.25, 0.3) is 0 Å². The van der Waals surface area contributed by atoms with Gasteiger partial charge >= 0.3 is 0 Å². The van der Waals surface area contributed by atoms with Gasteiger partial charge in [0.05, 0.1) is 6.33 Å². The molecule has 0 aliphatic carbocycles. The third-order valence-electron chi connectivity index (χ3n) is 2.29. The molecule has 1 aromatic heterocycles. The summed E-state index contributed by atoms with van der Waals surface area (Å²) in [6.45, 7) is 3.94. The molecule has 4 nitrogen and oxygen atoms in total. The maximum Gasteiger partial charge on any atom is 0.271 e. The van der Waals surface area contributed by atoms with Gasteiger partial charge in [0.2, 0.25) is 0 Å². The third-order valence-corrected chi connectivity index (χ3v) is 3.23. The van der Waals surface area contributed by atoms with E-state index in [9.17, 15) is 4.79 Å². The van der Waals surface area contributed by atoms with E-state index in [0.29, 0.717) is 11.7 Å². The lowest BCUT2D eigenvalue weighted by atomic mass is 10.0. The fourth-order valence-corrected chi connectivity index (χ4v) is 1.38. The largest absolute Gasteiger partial charge is 0.362 e. The van der Waals surface area contributed by atoms with E-state index in [1.54, 1.807) is 0 Å². The number of hydrogen-bond donors (Lipinski definition) is 2. The second-order valence-electron chi connectivity index (χ2n) is 3.57. The van der Waals surface area contributed by atoms with Gasteiger partial charge in [-0.25, -0.2) is 4.98 Å². The molecule has 1 aromatic rings. The summed E-state index contributed by atoms with van der Waals surface area (Å²) in [7, 11) is 0. The zero-order chi connectivity index (χ0) is 11.5. The van der Waals surface area contributed by atoms with Crippen LogP contribution in [-0.4, -0.2) is 21.4 Å². The van der Waals surface area contributed by atoms with E-state index in [1.807, 2.05) is 13.8 Å². The molecule has 0 aliphatic rings. The lowest BCUT2D eigenvalue weighted by molar-refractivity contribution is 0.551. The Morgan fingerprint density at radius 2 is 2.33 bits per heavy atom. The summed E-state index contributed by atoms with van der Waals surface area (Å²) >= 11 is 11.6. The predicted octanol–water partition coefficient (Wildman–Crippen LogP) is 2.24. The Hall–Kier alpha value is -0.740. The van der Waals surface area contributed by atoms with Crippen molar-refractivity contribution in [3.63, 3.8) is 0 Å². The summed E-state index contributed by atoms with van der Waals surface area (Å²) in [5.74, 6) is 0.777. The molecule has 0 radical (unpaired) electrons. The Balaban J connectivity index is 2.99. The molecule has 0 spiro atoms. The van der Waals surface area contributed by atoms with E-state index >= 15 is 0 Å². The molecule has 15 heavy (non-hydrogen) atoms. The van der Waals surface area contributed by atoms with E-state index in [2.05, 4.69) is 15.3 Å². The number of aromatic nitrogens is 2. The van der Waals surface area contributed by atoms with Gasteiger partial charge in [-0.1, -0.05) is 18.5 Å². The van der Waals surface area contributed by atoms with E-state index in [0.717, 1.165) is 6.42 Å². The standard InChI is InChI=1S/C9H13Cl2N3O/c1-3-9(2,4-10)14-7-6(11)8(15)13-5-12-7/h5H,3-4H2,1-2H3,(H2,12,13,14,15). The SMILES string of the molecule is CCC(C)(CCl)Nc1nc[nH]c(=O)c1Cl. The number of halogens is 2. The Kier molecular flexibility index (Phi) is 3.99. The highest BCUT2D eigenvalue weighted by molar-refractivity contribution is 6.32. The quantitative estimate of drug-likeness (QED) is 0.805. The maximum atomic E-state index is 11.2. The van der Waals surface area contributed by atoms with Crippen LogP contribution in [0.2, 0.25) is 5.02 Å². The molecule has 84 valence electrons. The monoisotopic (exact) mass is 249 g/mol. The predicted molar refractivity (Wildman–Crippen MR) is 62.9 cm³/mol. The Morgan fingerprint density at radius 3 is 2.87 bits per heavy atom. The normalized spacial score (nSPS) is 14.7. The summed E-state index contributed by atoms with van der Waals surface area (Å²) in [6, 6.07) is 0. The Bertz CT molecular complexity index is 387.